The zero-order valence-electron chi connectivity index (χ0n) is 22.7. The minimum absolute atomic E-state index is 0.123. The van der Waals surface area contributed by atoms with E-state index in [0.29, 0.717) is 24.9 Å². The highest BCUT2D eigenvalue weighted by molar-refractivity contribution is 7.89. The van der Waals surface area contributed by atoms with Gasteiger partial charge in [-0.2, -0.15) is 4.31 Å². The number of benzene rings is 2. The van der Waals surface area contributed by atoms with Crippen LogP contribution in [0.25, 0.3) is 0 Å². The van der Waals surface area contributed by atoms with Crippen LogP contribution < -0.4 is 9.64 Å². The molecule has 0 unspecified atom stereocenters. The van der Waals surface area contributed by atoms with Gasteiger partial charge in [0.25, 0.3) is 0 Å². The molecule has 3 fully saturated rings. The number of methoxy groups -OCH3 is 1. The second-order valence-corrected chi connectivity index (χ2v) is 13.5. The molecule has 0 spiro atoms. The first kappa shape index (κ1) is 26.1. The second kappa shape index (κ2) is 11.2. The lowest BCUT2D eigenvalue weighted by Crippen LogP contribution is -2.57. The van der Waals surface area contributed by atoms with Gasteiger partial charge in [-0.25, -0.2) is 8.42 Å². The van der Waals surface area contributed by atoms with E-state index >= 15 is 0 Å². The summed E-state index contributed by atoms with van der Waals surface area (Å²) in [6.45, 7) is 7.58. The standard InChI is InChI=1S/C30H42N4O3S/c1-37-27-10-11-28-24(21-27)12-15-33-23-25-7-5-14-34(29(25)22-30(28)33)38(35,36)20-6-13-31-16-18-32(19-17-31)26-8-3-2-4-9-26/h2-4,8-11,21,25,29-30H,5-7,12-20,22-23H2,1H3/t25-,29+,30+/m1/s1. The second-order valence-electron chi connectivity index (χ2n) is 11.5. The van der Waals surface area contributed by atoms with Crippen LogP contribution in [0.5, 0.6) is 5.75 Å². The first-order chi connectivity index (χ1) is 18.5. The fourth-order valence-corrected chi connectivity index (χ4v) is 9.13. The number of hydrogen-bond acceptors (Lipinski definition) is 6. The molecule has 3 saturated heterocycles. The van der Waals surface area contributed by atoms with Crippen molar-refractivity contribution in [3.05, 3.63) is 59.7 Å². The normalized spacial score (nSPS) is 26.9. The highest BCUT2D eigenvalue weighted by Gasteiger charge is 2.45. The van der Waals surface area contributed by atoms with Crippen molar-refractivity contribution >= 4 is 15.7 Å². The number of ether oxygens (including phenoxy) is 1. The minimum atomic E-state index is -3.28. The molecule has 0 aromatic heterocycles. The van der Waals surface area contributed by atoms with E-state index in [4.69, 9.17) is 4.74 Å². The lowest BCUT2D eigenvalue weighted by molar-refractivity contribution is 0.0219. The monoisotopic (exact) mass is 538 g/mol. The number of rotatable bonds is 7. The number of hydrogen-bond donors (Lipinski definition) is 0. The molecule has 0 aliphatic carbocycles. The highest BCUT2D eigenvalue weighted by Crippen LogP contribution is 2.44. The van der Waals surface area contributed by atoms with E-state index in [1.165, 1.54) is 16.8 Å². The Morgan fingerprint density at radius 2 is 1.79 bits per heavy atom. The Kier molecular flexibility index (Phi) is 7.67. The Morgan fingerprint density at radius 1 is 0.974 bits per heavy atom. The minimum Gasteiger partial charge on any atom is -0.497 e. The van der Waals surface area contributed by atoms with Crippen molar-refractivity contribution in [2.45, 2.75) is 44.2 Å². The van der Waals surface area contributed by atoms with Gasteiger partial charge in [-0.15, -0.1) is 0 Å². The molecule has 206 valence electrons. The van der Waals surface area contributed by atoms with Crippen molar-refractivity contribution < 1.29 is 13.2 Å². The van der Waals surface area contributed by atoms with Gasteiger partial charge in [-0.1, -0.05) is 24.3 Å². The van der Waals surface area contributed by atoms with Crippen LogP contribution >= 0.6 is 0 Å². The molecule has 8 heteroatoms. The third-order valence-corrected chi connectivity index (χ3v) is 11.3. The summed E-state index contributed by atoms with van der Waals surface area (Å²) < 4.78 is 34.7. The molecular formula is C30H42N4O3S. The Morgan fingerprint density at radius 3 is 2.58 bits per heavy atom. The molecule has 0 saturated carbocycles. The maximum absolute atomic E-state index is 13.7. The molecule has 2 aromatic rings. The molecule has 0 N–H and O–H groups in total. The van der Waals surface area contributed by atoms with Crippen LogP contribution in [0.15, 0.2) is 48.5 Å². The summed E-state index contributed by atoms with van der Waals surface area (Å²) in [4.78, 5) is 7.47. The van der Waals surface area contributed by atoms with Crippen molar-refractivity contribution in [3.8, 4) is 5.75 Å². The zero-order valence-corrected chi connectivity index (χ0v) is 23.5. The maximum Gasteiger partial charge on any atom is 0.214 e. The fraction of sp³-hybridized carbons (Fsp3) is 0.600. The van der Waals surface area contributed by atoms with E-state index in [0.717, 1.165) is 77.2 Å². The van der Waals surface area contributed by atoms with Crippen LogP contribution in [0.4, 0.5) is 5.69 Å². The van der Waals surface area contributed by atoms with Crippen LogP contribution in [0, 0.1) is 5.92 Å². The average Bonchev–Trinajstić information content (AvgIpc) is 2.96. The third kappa shape index (κ3) is 5.33. The summed E-state index contributed by atoms with van der Waals surface area (Å²) in [7, 11) is -1.56. The molecule has 0 radical (unpaired) electrons. The number of fused-ring (bicyclic) bond motifs is 4. The van der Waals surface area contributed by atoms with Gasteiger partial charge in [-0.3, -0.25) is 9.80 Å². The average molecular weight is 539 g/mol. The molecule has 7 nitrogen and oxygen atoms in total. The van der Waals surface area contributed by atoms with Gasteiger partial charge < -0.3 is 9.64 Å². The predicted octanol–water partition coefficient (Wildman–Crippen LogP) is 3.62. The quantitative estimate of drug-likeness (QED) is 0.537. The molecule has 4 aliphatic heterocycles. The Bertz CT molecular complexity index is 1200. The maximum atomic E-state index is 13.7. The summed E-state index contributed by atoms with van der Waals surface area (Å²) in [5.41, 5.74) is 4.01. The largest absolute Gasteiger partial charge is 0.497 e. The topological polar surface area (TPSA) is 56.3 Å². The molecule has 2 aromatic carbocycles. The summed E-state index contributed by atoms with van der Waals surface area (Å²) >= 11 is 0. The number of piperazine rings is 1. The number of sulfonamides is 1. The zero-order chi connectivity index (χ0) is 26.1. The van der Waals surface area contributed by atoms with Crippen LogP contribution in [0.2, 0.25) is 0 Å². The lowest BCUT2D eigenvalue weighted by atomic mass is 9.77. The van der Waals surface area contributed by atoms with Crippen LogP contribution in [-0.4, -0.2) is 93.8 Å². The SMILES string of the molecule is COc1ccc2c(c1)CCN1C[C@H]3CCCN(S(=O)(=O)CCCN4CCN(c5ccccc5)CC4)[C@H]3C[C@@H]21. The van der Waals surface area contributed by atoms with Crippen LogP contribution in [0.1, 0.15) is 42.9 Å². The highest BCUT2D eigenvalue weighted by atomic mass is 32.2. The smallest absolute Gasteiger partial charge is 0.214 e. The summed E-state index contributed by atoms with van der Waals surface area (Å²) in [6.07, 6.45) is 4.78. The van der Waals surface area contributed by atoms with E-state index in [1.807, 2.05) is 4.31 Å². The molecule has 4 aliphatic rings. The number of para-hydroxylation sites is 1. The Labute approximate surface area is 228 Å². The van der Waals surface area contributed by atoms with Gasteiger partial charge in [0.05, 0.1) is 12.9 Å². The molecular weight excluding hydrogens is 496 g/mol. The lowest BCUT2D eigenvalue weighted by Gasteiger charge is -2.51. The van der Waals surface area contributed by atoms with Gasteiger partial charge in [0.15, 0.2) is 0 Å². The van der Waals surface area contributed by atoms with Crippen LogP contribution in [0.3, 0.4) is 0 Å². The summed E-state index contributed by atoms with van der Waals surface area (Å²) in [5.74, 6) is 1.62. The number of piperidine rings is 2. The van der Waals surface area contributed by atoms with E-state index in [9.17, 15) is 8.42 Å². The van der Waals surface area contributed by atoms with E-state index in [-0.39, 0.29) is 11.8 Å². The summed E-state index contributed by atoms with van der Waals surface area (Å²) in [6, 6.07) is 17.4. The van der Waals surface area contributed by atoms with Crippen LogP contribution in [-0.2, 0) is 16.4 Å². The fourth-order valence-electron chi connectivity index (χ4n) is 7.32. The third-order valence-electron chi connectivity index (χ3n) is 9.35. The van der Waals surface area contributed by atoms with Crippen molar-refractivity contribution in [1.29, 1.82) is 0 Å². The molecule has 0 bridgehead atoms. The van der Waals surface area contributed by atoms with Crippen molar-refractivity contribution in [2.75, 3.05) is 70.1 Å². The van der Waals surface area contributed by atoms with Gasteiger partial charge in [-0.05, 0) is 80.0 Å². The molecule has 4 heterocycles. The van der Waals surface area contributed by atoms with Crippen molar-refractivity contribution in [3.63, 3.8) is 0 Å². The van der Waals surface area contributed by atoms with Crippen molar-refractivity contribution in [2.24, 2.45) is 5.92 Å². The molecule has 6 rings (SSSR count). The van der Waals surface area contributed by atoms with E-state index in [1.54, 1.807) is 7.11 Å². The van der Waals surface area contributed by atoms with Gasteiger partial charge in [0.2, 0.25) is 10.0 Å². The first-order valence-electron chi connectivity index (χ1n) is 14.4. The predicted molar refractivity (Wildman–Crippen MR) is 152 cm³/mol. The molecule has 38 heavy (non-hydrogen) atoms. The molecule has 0 amide bonds. The van der Waals surface area contributed by atoms with E-state index < -0.39 is 10.0 Å². The number of anilines is 1. The van der Waals surface area contributed by atoms with Gasteiger partial charge >= 0.3 is 0 Å². The first-order valence-corrected chi connectivity index (χ1v) is 16.1. The Balaban J connectivity index is 1.06. The van der Waals surface area contributed by atoms with Crippen molar-refractivity contribution in [1.82, 2.24) is 14.1 Å². The number of nitrogens with zero attached hydrogens (tertiary/aromatic N) is 4. The van der Waals surface area contributed by atoms with Gasteiger partial charge in [0.1, 0.15) is 5.75 Å². The Hall–Kier alpha value is -2.13. The van der Waals surface area contributed by atoms with Gasteiger partial charge in [0, 0.05) is 63.6 Å². The molecule has 3 atom stereocenters. The summed E-state index contributed by atoms with van der Waals surface area (Å²) in [5, 5.41) is 0. The van der Waals surface area contributed by atoms with E-state index in [2.05, 4.69) is 63.2 Å².